The molecule has 19 heavy (non-hydrogen) atoms. The number of nitrogen functional groups attached to an aromatic ring is 1. The molecule has 1 aromatic heterocycles. The number of carbonyl (C=O) groups excluding carboxylic acids is 2. The molecule has 0 saturated carbocycles. The van der Waals surface area contributed by atoms with Crippen LogP contribution in [0.1, 0.15) is 36.1 Å². The highest BCUT2D eigenvalue weighted by Gasteiger charge is 2.14. The Morgan fingerprint density at radius 3 is 2.53 bits per heavy atom. The van der Waals surface area contributed by atoms with Crippen LogP contribution >= 0.6 is 0 Å². The summed E-state index contributed by atoms with van der Waals surface area (Å²) in [6.45, 7) is 4.32. The fourth-order valence-electron chi connectivity index (χ4n) is 1.31. The first-order valence-corrected chi connectivity index (χ1v) is 5.85. The van der Waals surface area contributed by atoms with Gasteiger partial charge in [-0.05, 0) is 0 Å². The molecule has 0 bridgehead atoms. The lowest BCUT2D eigenvalue weighted by Crippen LogP contribution is -2.37. The van der Waals surface area contributed by atoms with E-state index in [1.807, 2.05) is 13.8 Å². The molecule has 0 unspecified atom stereocenters. The fourth-order valence-corrected chi connectivity index (χ4v) is 1.31. The minimum Gasteiger partial charge on any atom is -0.396 e. The molecular formula is C11H18N6O2. The third-order valence-electron chi connectivity index (χ3n) is 2.28. The van der Waals surface area contributed by atoms with E-state index in [0.29, 0.717) is 5.82 Å². The first kappa shape index (κ1) is 14.7. The Morgan fingerprint density at radius 2 is 1.95 bits per heavy atom. The van der Waals surface area contributed by atoms with Crippen LogP contribution in [0.3, 0.4) is 0 Å². The second-order valence-corrected chi connectivity index (χ2v) is 4.23. The van der Waals surface area contributed by atoms with Gasteiger partial charge in [0.15, 0.2) is 5.69 Å². The van der Waals surface area contributed by atoms with Gasteiger partial charge in [-0.25, -0.2) is 14.8 Å². The van der Waals surface area contributed by atoms with Crippen molar-refractivity contribution in [3.8, 4) is 0 Å². The van der Waals surface area contributed by atoms with Crippen LogP contribution in [0.4, 0.5) is 10.5 Å². The highest BCUT2D eigenvalue weighted by Crippen LogP contribution is 2.13. The molecule has 1 heterocycles. The van der Waals surface area contributed by atoms with Crippen LogP contribution in [0, 0.1) is 0 Å². The van der Waals surface area contributed by atoms with Crippen LogP contribution in [0.15, 0.2) is 6.20 Å². The van der Waals surface area contributed by atoms with E-state index in [9.17, 15) is 9.59 Å². The molecule has 3 amide bonds. The molecule has 0 spiro atoms. The van der Waals surface area contributed by atoms with Gasteiger partial charge in [0.2, 0.25) is 0 Å². The van der Waals surface area contributed by atoms with Crippen molar-refractivity contribution >= 4 is 17.6 Å². The van der Waals surface area contributed by atoms with Gasteiger partial charge in [0.25, 0.3) is 5.91 Å². The zero-order chi connectivity index (χ0) is 14.4. The molecule has 8 heteroatoms. The average Bonchev–Trinajstić information content (AvgIpc) is 2.34. The molecule has 0 radical (unpaired) electrons. The van der Waals surface area contributed by atoms with Crippen LogP contribution in [0.25, 0.3) is 0 Å². The number of hydrogen-bond donors (Lipinski definition) is 4. The summed E-state index contributed by atoms with van der Waals surface area (Å²) in [5.74, 6) is 0.242. The topological polar surface area (TPSA) is 136 Å². The van der Waals surface area contributed by atoms with E-state index in [4.69, 9.17) is 11.5 Å². The van der Waals surface area contributed by atoms with E-state index in [1.54, 1.807) is 0 Å². The summed E-state index contributed by atoms with van der Waals surface area (Å²) in [4.78, 5) is 30.5. The number of primary amides is 1. The van der Waals surface area contributed by atoms with Gasteiger partial charge in [0.05, 0.1) is 11.9 Å². The molecule has 0 saturated heterocycles. The molecular weight excluding hydrogens is 248 g/mol. The van der Waals surface area contributed by atoms with Crippen molar-refractivity contribution in [2.24, 2.45) is 5.73 Å². The van der Waals surface area contributed by atoms with Crippen LogP contribution in [-0.2, 0) is 0 Å². The largest absolute Gasteiger partial charge is 0.396 e. The van der Waals surface area contributed by atoms with E-state index in [2.05, 4.69) is 20.6 Å². The van der Waals surface area contributed by atoms with Crippen molar-refractivity contribution in [3.63, 3.8) is 0 Å². The molecule has 0 aliphatic carbocycles. The molecule has 0 aliphatic rings. The molecule has 0 aliphatic heterocycles. The highest BCUT2D eigenvalue weighted by atomic mass is 16.2. The smallest absolute Gasteiger partial charge is 0.312 e. The highest BCUT2D eigenvalue weighted by molar-refractivity contribution is 5.96. The Kier molecular flexibility index (Phi) is 5.04. The van der Waals surface area contributed by atoms with E-state index in [-0.39, 0.29) is 30.4 Å². The second-order valence-electron chi connectivity index (χ2n) is 4.23. The summed E-state index contributed by atoms with van der Waals surface area (Å²) >= 11 is 0. The molecule has 1 aromatic rings. The average molecular weight is 266 g/mol. The summed E-state index contributed by atoms with van der Waals surface area (Å²) < 4.78 is 0. The van der Waals surface area contributed by atoms with E-state index >= 15 is 0 Å². The predicted molar refractivity (Wildman–Crippen MR) is 70.5 cm³/mol. The number of carbonyl (C=O) groups is 2. The number of urea groups is 1. The fraction of sp³-hybridized carbons (Fsp3) is 0.455. The Balaban J connectivity index is 2.65. The normalized spacial score (nSPS) is 10.3. The van der Waals surface area contributed by atoms with Crippen molar-refractivity contribution in [2.45, 2.75) is 19.8 Å². The van der Waals surface area contributed by atoms with Crippen LogP contribution in [0.2, 0.25) is 0 Å². The van der Waals surface area contributed by atoms with E-state index in [1.165, 1.54) is 6.20 Å². The second kappa shape index (κ2) is 6.53. The Bertz CT molecular complexity index is 474. The lowest BCUT2D eigenvalue weighted by molar-refractivity contribution is 0.0949. The Morgan fingerprint density at radius 1 is 1.32 bits per heavy atom. The summed E-state index contributed by atoms with van der Waals surface area (Å²) in [7, 11) is 0. The molecule has 0 aromatic carbocycles. The van der Waals surface area contributed by atoms with Gasteiger partial charge in [-0.3, -0.25) is 4.79 Å². The summed E-state index contributed by atoms with van der Waals surface area (Å²) in [5.41, 5.74) is 10.9. The number of nitrogens with one attached hydrogen (secondary N) is 2. The predicted octanol–water partition coefficient (Wildman–Crippen LogP) is -0.420. The standard InChI is InChI=1S/C11H18N6O2/c1-6(2)9-16-5-7(12)8(17-9)10(18)14-3-4-15-11(13)19/h5-6H,3-4,12H2,1-2H3,(H,14,18)(H3,13,15,19). The third kappa shape index (κ3) is 4.41. The maximum atomic E-state index is 11.9. The minimum atomic E-state index is -0.641. The summed E-state index contributed by atoms with van der Waals surface area (Å²) in [6.07, 6.45) is 1.42. The molecule has 8 nitrogen and oxygen atoms in total. The van der Waals surface area contributed by atoms with Gasteiger partial charge in [0, 0.05) is 19.0 Å². The van der Waals surface area contributed by atoms with Gasteiger partial charge >= 0.3 is 6.03 Å². The number of aromatic nitrogens is 2. The molecule has 6 N–H and O–H groups in total. The molecule has 0 atom stereocenters. The maximum Gasteiger partial charge on any atom is 0.312 e. The molecule has 1 rings (SSSR count). The number of amides is 3. The van der Waals surface area contributed by atoms with Gasteiger partial charge in [-0.1, -0.05) is 13.8 Å². The zero-order valence-corrected chi connectivity index (χ0v) is 10.9. The SMILES string of the molecule is CC(C)c1ncc(N)c(C(=O)NCCNC(N)=O)n1. The first-order chi connectivity index (χ1) is 8.91. The number of hydrogen-bond acceptors (Lipinski definition) is 5. The lowest BCUT2D eigenvalue weighted by atomic mass is 10.2. The van der Waals surface area contributed by atoms with Gasteiger partial charge in [0.1, 0.15) is 5.82 Å². The molecule has 0 fully saturated rings. The molecule has 104 valence electrons. The van der Waals surface area contributed by atoms with Crippen molar-refractivity contribution in [1.82, 2.24) is 20.6 Å². The van der Waals surface area contributed by atoms with Crippen molar-refractivity contribution in [1.29, 1.82) is 0 Å². The van der Waals surface area contributed by atoms with Gasteiger partial charge in [-0.15, -0.1) is 0 Å². The van der Waals surface area contributed by atoms with Crippen molar-refractivity contribution in [2.75, 3.05) is 18.8 Å². The number of nitrogens with two attached hydrogens (primary N) is 2. The first-order valence-electron chi connectivity index (χ1n) is 5.85. The van der Waals surface area contributed by atoms with Gasteiger partial charge in [-0.2, -0.15) is 0 Å². The Hall–Kier alpha value is -2.38. The minimum absolute atomic E-state index is 0.101. The van der Waals surface area contributed by atoms with Crippen molar-refractivity contribution < 1.29 is 9.59 Å². The number of rotatable bonds is 5. The van der Waals surface area contributed by atoms with Crippen LogP contribution in [0.5, 0.6) is 0 Å². The number of nitrogens with zero attached hydrogens (tertiary/aromatic N) is 2. The van der Waals surface area contributed by atoms with Crippen molar-refractivity contribution in [3.05, 3.63) is 17.7 Å². The van der Waals surface area contributed by atoms with Crippen LogP contribution < -0.4 is 22.1 Å². The quantitative estimate of drug-likeness (QED) is 0.536. The van der Waals surface area contributed by atoms with Gasteiger partial charge < -0.3 is 22.1 Å². The van der Waals surface area contributed by atoms with E-state index < -0.39 is 11.9 Å². The lowest BCUT2D eigenvalue weighted by Gasteiger charge is -2.09. The van der Waals surface area contributed by atoms with E-state index in [0.717, 1.165) is 0 Å². The summed E-state index contributed by atoms with van der Waals surface area (Å²) in [5, 5.41) is 4.94. The monoisotopic (exact) mass is 266 g/mol. The maximum absolute atomic E-state index is 11.9. The Labute approximate surface area is 111 Å². The third-order valence-corrected chi connectivity index (χ3v) is 2.28. The summed E-state index contributed by atoms with van der Waals surface area (Å²) in [6, 6.07) is -0.641. The zero-order valence-electron chi connectivity index (χ0n) is 10.9. The number of anilines is 1. The van der Waals surface area contributed by atoms with Crippen LogP contribution in [-0.4, -0.2) is 35.0 Å².